The number of likely N-dealkylation sites (N-methyl/N-ethyl adjacent to an activating group) is 1. The van der Waals surface area contributed by atoms with Crippen LogP contribution in [0.15, 0.2) is 28.9 Å². The van der Waals surface area contributed by atoms with E-state index in [1.807, 2.05) is 6.07 Å². The van der Waals surface area contributed by atoms with Crippen molar-refractivity contribution in [2.24, 2.45) is 0 Å². The van der Waals surface area contributed by atoms with Gasteiger partial charge in [-0.2, -0.15) is 0 Å². The van der Waals surface area contributed by atoms with Crippen LogP contribution in [0.25, 0.3) is 11.1 Å². The molecule has 0 unspecified atom stereocenters. The van der Waals surface area contributed by atoms with Crippen LogP contribution in [-0.2, 0) is 0 Å². The van der Waals surface area contributed by atoms with Gasteiger partial charge in [-0.05, 0) is 24.7 Å². The molecule has 20 heavy (non-hydrogen) atoms. The molecule has 1 aromatic carbocycles. The van der Waals surface area contributed by atoms with Gasteiger partial charge in [0.1, 0.15) is 5.82 Å². The van der Waals surface area contributed by atoms with Gasteiger partial charge in [0.05, 0.1) is 17.4 Å². The monoisotopic (exact) mass is 276 g/mol. The summed E-state index contributed by atoms with van der Waals surface area (Å²) in [6.07, 6.45) is 1.50. The second-order valence-electron chi connectivity index (χ2n) is 5.06. The summed E-state index contributed by atoms with van der Waals surface area (Å²) >= 11 is 0. The molecule has 0 saturated carbocycles. The van der Waals surface area contributed by atoms with Gasteiger partial charge in [-0.3, -0.25) is 0 Å². The number of piperazine rings is 1. The summed E-state index contributed by atoms with van der Waals surface area (Å²) in [5, 5.41) is 3.61. The lowest BCUT2D eigenvalue weighted by atomic mass is 10.1. The molecule has 1 saturated heterocycles. The zero-order valence-electron chi connectivity index (χ0n) is 11.3. The number of nitrogen functional groups attached to an aromatic ring is 1. The van der Waals surface area contributed by atoms with E-state index in [1.165, 1.54) is 12.3 Å². The predicted octanol–water partition coefficient (Wildman–Crippen LogP) is 1.81. The van der Waals surface area contributed by atoms with Gasteiger partial charge >= 0.3 is 0 Å². The highest BCUT2D eigenvalue weighted by atomic mass is 19.1. The first-order valence-corrected chi connectivity index (χ1v) is 6.58. The van der Waals surface area contributed by atoms with E-state index in [-0.39, 0.29) is 11.7 Å². The van der Waals surface area contributed by atoms with E-state index >= 15 is 0 Å². The maximum absolute atomic E-state index is 14.3. The molecule has 0 amide bonds. The van der Waals surface area contributed by atoms with Gasteiger partial charge in [-0.15, -0.1) is 0 Å². The van der Waals surface area contributed by atoms with Crippen LogP contribution in [0, 0.1) is 5.82 Å². The fourth-order valence-corrected chi connectivity index (χ4v) is 2.44. The minimum absolute atomic E-state index is 0.205. The van der Waals surface area contributed by atoms with Gasteiger partial charge in [-0.25, -0.2) is 4.39 Å². The Bertz CT molecular complexity index is 605. The van der Waals surface area contributed by atoms with Crippen LogP contribution in [0.1, 0.15) is 0 Å². The van der Waals surface area contributed by atoms with Crippen molar-refractivity contribution < 1.29 is 8.91 Å². The van der Waals surface area contributed by atoms with Crippen LogP contribution in [0.4, 0.5) is 16.0 Å². The van der Waals surface area contributed by atoms with E-state index in [4.69, 9.17) is 10.3 Å². The predicted molar refractivity (Wildman–Crippen MR) is 76.0 cm³/mol. The van der Waals surface area contributed by atoms with E-state index < -0.39 is 0 Å². The van der Waals surface area contributed by atoms with E-state index in [1.54, 1.807) is 6.07 Å². The van der Waals surface area contributed by atoms with Crippen LogP contribution < -0.4 is 10.6 Å². The van der Waals surface area contributed by atoms with Crippen molar-refractivity contribution in [3.05, 3.63) is 30.2 Å². The molecule has 0 radical (unpaired) electrons. The number of anilines is 2. The van der Waals surface area contributed by atoms with E-state index in [0.717, 1.165) is 26.2 Å². The van der Waals surface area contributed by atoms with Crippen molar-refractivity contribution >= 4 is 11.6 Å². The molecule has 0 aliphatic carbocycles. The normalized spacial score (nSPS) is 16.6. The third-order valence-corrected chi connectivity index (χ3v) is 3.70. The number of aromatic nitrogens is 1. The molecule has 2 aromatic rings. The lowest BCUT2D eigenvalue weighted by Gasteiger charge is -2.34. The van der Waals surface area contributed by atoms with Crippen molar-refractivity contribution in [3.63, 3.8) is 0 Å². The number of rotatable bonds is 2. The van der Waals surface area contributed by atoms with Gasteiger partial charge in [0, 0.05) is 26.2 Å². The summed E-state index contributed by atoms with van der Waals surface area (Å²) in [6, 6.07) is 5.12. The Hall–Kier alpha value is -2.08. The van der Waals surface area contributed by atoms with Crippen molar-refractivity contribution in [1.82, 2.24) is 10.1 Å². The van der Waals surface area contributed by atoms with Crippen LogP contribution in [0.5, 0.6) is 0 Å². The maximum atomic E-state index is 14.3. The Morgan fingerprint density at radius 1 is 1.25 bits per heavy atom. The van der Waals surface area contributed by atoms with Crippen LogP contribution >= 0.6 is 0 Å². The Balaban J connectivity index is 1.86. The molecule has 1 aliphatic heterocycles. The van der Waals surface area contributed by atoms with Crippen molar-refractivity contribution in [2.45, 2.75) is 0 Å². The third-order valence-electron chi connectivity index (χ3n) is 3.70. The summed E-state index contributed by atoms with van der Waals surface area (Å²) in [5.74, 6) is -0.0376. The average Bonchev–Trinajstić information content (AvgIpc) is 2.86. The number of hydrogen-bond donors (Lipinski definition) is 1. The fraction of sp³-hybridized carbons (Fsp3) is 0.357. The molecule has 106 valence electrons. The second kappa shape index (κ2) is 5.13. The Morgan fingerprint density at radius 2 is 2.00 bits per heavy atom. The van der Waals surface area contributed by atoms with E-state index in [9.17, 15) is 4.39 Å². The van der Waals surface area contributed by atoms with Gasteiger partial charge in [-0.1, -0.05) is 11.2 Å². The number of benzene rings is 1. The van der Waals surface area contributed by atoms with Crippen LogP contribution in [0.2, 0.25) is 0 Å². The second-order valence-corrected chi connectivity index (χ2v) is 5.06. The molecule has 5 nitrogen and oxygen atoms in total. The lowest BCUT2D eigenvalue weighted by molar-refractivity contribution is 0.311. The Morgan fingerprint density at radius 3 is 2.60 bits per heavy atom. The average molecular weight is 276 g/mol. The standard InChI is InChI=1S/C14H17FN4O/c1-18-4-6-19(7-5-18)13-3-2-10(8-12(13)15)11-9-17-20-14(11)16/h2-3,8-9H,4-7,16H2,1H3. The minimum Gasteiger partial charge on any atom is -0.367 e. The molecule has 3 rings (SSSR count). The zero-order valence-corrected chi connectivity index (χ0v) is 11.3. The SMILES string of the molecule is CN1CCN(c2ccc(-c3cnoc3N)cc2F)CC1. The summed E-state index contributed by atoms with van der Waals surface area (Å²) < 4.78 is 19.1. The highest BCUT2D eigenvalue weighted by Gasteiger charge is 2.18. The van der Waals surface area contributed by atoms with E-state index in [0.29, 0.717) is 16.8 Å². The molecule has 0 spiro atoms. The summed E-state index contributed by atoms with van der Waals surface area (Å²) in [5.41, 5.74) is 7.59. The summed E-state index contributed by atoms with van der Waals surface area (Å²) in [6.45, 7) is 3.56. The Labute approximate surface area is 116 Å². The number of halogens is 1. The molecule has 1 aromatic heterocycles. The first-order chi connectivity index (χ1) is 9.65. The number of nitrogens with two attached hydrogens (primary N) is 1. The number of hydrogen-bond acceptors (Lipinski definition) is 5. The molecule has 0 atom stereocenters. The number of nitrogens with zero attached hydrogens (tertiary/aromatic N) is 3. The zero-order chi connectivity index (χ0) is 14.1. The first kappa shape index (κ1) is 12.9. The highest BCUT2D eigenvalue weighted by Crippen LogP contribution is 2.30. The molecular weight excluding hydrogens is 259 g/mol. The molecule has 6 heteroatoms. The third kappa shape index (κ3) is 2.34. The largest absolute Gasteiger partial charge is 0.367 e. The van der Waals surface area contributed by atoms with Crippen molar-refractivity contribution in [2.75, 3.05) is 43.9 Å². The van der Waals surface area contributed by atoms with Crippen molar-refractivity contribution in [3.8, 4) is 11.1 Å². The topological polar surface area (TPSA) is 58.5 Å². The first-order valence-electron chi connectivity index (χ1n) is 6.58. The van der Waals surface area contributed by atoms with Gasteiger partial charge in [0.2, 0.25) is 5.88 Å². The molecular formula is C14H17FN4O. The van der Waals surface area contributed by atoms with Crippen LogP contribution in [0.3, 0.4) is 0 Å². The highest BCUT2D eigenvalue weighted by molar-refractivity contribution is 5.73. The van der Waals surface area contributed by atoms with Gasteiger partial charge in [0.25, 0.3) is 0 Å². The quantitative estimate of drug-likeness (QED) is 0.906. The maximum Gasteiger partial charge on any atom is 0.229 e. The minimum atomic E-state index is -0.243. The smallest absolute Gasteiger partial charge is 0.229 e. The Kier molecular flexibility index (Phi) is 3.31. The van der Waals surface area contributed by atoms with Crippen molar-refractivity contribution in [1.29, 1.82) is 0 Å². The van der Waals surface area contributed by atoms with Gasteiger partial charge in [0.15, 0.2) is 0 Å². The summed E-state index contributed by atoms with van der Waals surface area (Å²) in [4.78, 5) is 4.30. The molecule has 1 fully saturated rings. The van der Waals surface area contributed by atoms with E-state index in [2.05, 4.69) is 22.0 Å². The van der Waals surface area contributed by atoms with Gasteiger partial charge < -0.3 is 20.1 Å². The summed E-state index contributed by atoms with van der Waals surface area (Å²) in [7, 11) is 2.07. The molecule has 0 bridgehead atoms. The van der Waals surface area contributed by atoms with Crippen LogP contribution in [-0.4, -0.2) is 43.3 Å². The molecule has 1 aliphatic rings. The molecule has 2 N–H and O–H groups in total. The fourth-order valence-electron chi connectivity index (χ4n) is 2.44. The molecule has 2 heterocycles. The lowest BCUT2D eigenvalue weighted by Crippen LogP contribution is -2.44.